The standard InChI is InChI=1S/C17H23NO5/c1-17(2,3)23-16(22)13(11-15(20)21)18-14(19)10-9-12-7-5-4-6-8-12/h4-8,13H,9-11H2,1-3H3,(H,18,19)(H,20,21). The number of carboxylic acid groups (broad SMARTS) is 1. The number of esters is 1. The maximum atomic E-state index is 12.0. The van der Waals surface area contributed by atoms with Crippen LogP contribution in [0.3, 0.4) is 0 Å². The molecule has 0 aromatic heterocycles. The van der Waals surface area contributed by atoms with Gasteiger partial charge in [-0.25, -0.2) is 4.79 Å². The number of aryl methyl sites for hydroxylation is 1. The van der Waals surface area contributed by atoms with Gasteiger partial charge in [0.15, 0.2) is 0 Å². The number of benzene rings is 1. The van der Waals surface area contributed by atoms with Crippen LogP contribution in [0, 0.1) is 0 Å². The Morgan fingerprint density at radius 1 is 1.17 bits per heavy atom. The Hall–Kier alpha value is -2.37. The van der Waals surface area contributed by atoms with E-state index >= 15 is 0 Å². The maximum absolute atomic E-state index is 12.0. The van der Waals surface area contributed by atoms with Crippen LogP contribution in [0.25, 0.3) is 0 Å². The highest BCUT2D eigenvalue weighted by Crippen LogP contribution is 2.10. The normalized spacial score (nSPS) is 12.3. The summed E-state index contributed by atoms with van der Waals surface area (Å²) in [6.45, 7) is 5.04. The van der Waals surface area contributed by atoms with Crippen molar-refractivity contribution in [2.75, 3.05) is 0 Å². The molecule has 23 heavy (non-hydrogen) atoms. The van der Waals surface area contributed by atoms with Gasteiger partial charge in [0.1, 0.15) is 11.6 Å². The van der Waals surface area contributed by atoms with Crippen LogP contribution in [-0.4, -0.2) is 34.6 Å². The first-order chi connectivity index (χ1) is 10.7. The van der Waals surface area contributed by atoms with Gasteiger partial charge < -0.3 is 15.2 Å². The van der Waals surface area contributed by atoms with Crippen molar-refractivity contribution in [2.24, 2.45) is 0 Å². The number of nitrogens with one attached hydrogen (secondary N) is 1. The number of carboxylic acids is 1. The predicted octanol–water partition coefficient (Wildman–Crippen LogP) is 1.92. The quantitative estimate of drug-likeness (QED) is 0.749. The largest absolute Gasteiger partial charge is 0.481 e. The van der Waals surface area contributed by atoms with Crippen LogP contribution in [0.15, 0.2) is 30.3 Å². The van der Waals surface area contributed by atoms with Gasteiger partial charge in [-0.05, 0) is 32.8 Å². The summed E-state index contributed by atoms with van der Waals surface area (Å²) in [5.41, 5.74) is 0.248. The first-order valence-corrected chi connectivity index (χ1v) is 7.45. The number of carbonyl (C=O) groups excluding carboxylic acids is 2. The number of hydrogen-bond acceptors (Lipinski definition) is 4. The number of carbonyl (C=O) groups is 3. The third kappa shape index (κ3) is 7.99. The number of rotatable bonds is 7. The number of aliphatic carboxylic acids is 1. The molecule has 1 amide bonds. The average molecular weight is 321 g/mol. The van der Waals surface area contributed by atoms with Crippen molar-refractivity contribution in [2.45, 2.75) is 51.7 Å². The molecule has 0 aliphatic carbocycles. The minimum atomic E-state index is -1.19. The lowest BCUT2D eigenvalue weighted by molar-refractivity contribution is -0.161. The van der Waals surface area contributed by atoms with Crippen LogP contribution in [0.1, 0.15) is 39.2 Å². The molecule has 0 aliphatic rings. The Bertz CT molecular complexity index is 548. The predicted molar refractivity (Wildman–Crippen MR) is 84.8 cm³/mol. The Morgan fingerprint density at radius 2 is 1.78 bits per heavy atom. The average Bonchev–Trinajstić information content (AvgIpc) is 2.43. The van der Waals surface area contributed by atoms with E-state index < -0.39 is 30.0 Å². The minimum absolute atomic E-state index is 0.170. The van der Waals surface area contributed by atoms with Crippen LogP contribution < -0.4 is 5.32 Å². The molecule has 0 radical (unpaired) electrons. The van der Waals surface area contributed by atoms with Crippen molar-refractivity contribution in [3.05, 3.63) is 35.9 Å². The fraction of sp³-hybridized carbons (Fsp3) is 0.471. The highest BCUT2D eigenvalue weighted by Gasteiger charge is 2.28. The SMILES string of the molecule is CC(C)(C)OC(=O)C(CC(=O)O)NC(=O)CCc1ccccc1. The molecule has 0 spiro atoms. The summed E-state index contributed by atoms with van der Waals surface area (Å²) < 4.78 is 5.15. The molecule has 0 saturated carbocycles. The highest BCUT2D eigenvalue weighted by molar-refractivity contribution is 5.87. The summed E-state index contributed by atoms with van der Waals surface area (Å²) in [5.74, 6) is -2.30. The molecule has 0 bridgehead atoms. The molecular weight excluding hydrogens is 298 g/mol. The van der Waals surface area contributed by atoms with Crippen molar-refractivity contribution in [3.8, 4) is 0 Å². The van der Waals surface area contributed by atoms with Gasteiger partial charge >= 0.3 is 11.9 Å². The zero-order chi connectivity index (χ0) is 17.5. The van der Waals surface area contributed by atoms with E-state index in [-0.39, 0.29) is 12.3 Å². The van der Waals surface area contributed by atoms with E-state index in [1.54, 1.807) is 20.8 Å². The molecule has 6 nitrogen and oxygen atoms in total. The van der Waals surface area contributed by atoms with Gasteiger partial charge in [0.25, 0.3) is 0 Å². The van der Waals surface area contributed by atoms with Crippen molar-refractivity contribution >= 4 is 17.8 Å². The second-order valence-electron chi connectivity index (χ2n) is 6.24. The lowest BCUT2D eigenvalue weighted by Crippen LogP contribution is -2.45. The minimum Gasteiger partial charge on any atom is -0.481 e. The topological polar surface area (TPSA) is 92.7 Å². The molecule has 0 saturated heterocycles. The molecule has 0 aliphatic heterocycles. The van der Waals surface area contributed by atoms with Gasteiger partial charge in [0.2, 0.25) is 5.91 Å². The number of ether oxygens (including phenoxy) is 1. The second kappa shape index (κ2) is 8.31. The van der Waals surface area contributed by atoms with Crippen LogP contribution in [0.2, 0.25) is 0 Å². The first kappa shape index (κ1) is 18.7. The van der Waals surface area contributed by atoms with Crippen molar-refractivity contribution < 1.29 is 24.2 Å². The first-order valence-electron chi connectivity index (χ1n) is 7.45. The lowest BCUT2D eigenvalue weighted by atomic mass is 10.1. The maximum Gasteiger partial charge on any atom is 0.329 e. The van der Waals surface area contributed by atoms with E-state index in [9.17, 15) is 14.4 Å². The molecule has 126 valence electrons. The summed E-state index contributed by atoms with van der Waals surface area (Å²) in [6, 6.07) is 8.25. The van der Waals surface area contributed by atoms with E-state index in [0.717, 1.165) is 5.56 Å². The Balaban J connectivity index is 2.60. The van der Waals surface area contributed by atoms with Crippen molar-refractivity contribution in [3.63, 3.8) is 0 Å². The lowest BCUT2D eigenvalue weighted by Gasteiger charge is -2.23. The van der Waals surface area contributed by atoms with Gasteiger partial charge in [-0.1, -0.05) is 30.3 Å². The fourth-order valence-electron chi connectivity index (χ4n) is 1.91. The molecule has 1 unspecified atom stereocenters. The Morgan fingerprint density at radius 3 is 2.30 bits per heavy atom. The van der Waals surface area contributed by atoms with E-state index in [0.29, 0.717) is 6.42 Å². The van der Waals surface area contributed by atoms with Gasteiger partial charge in [0.05, 0.1) is 6.42 Å². The van der Waals surface area contributed by atoms with Crippen LogP contribution in [0.4, 0.5) is 0 Å². The smallest absolute Gasteiger partial charge is 0.329 e. The Kier molecular flexibility index (Phi) is 6.75. The van der Waals surface area contributed by atoms with Gasteiger partial charge in [-0.15, -0.1) is 0 Å². The number of amides is 1. The zero-order valence-electron chi connectivity index (χ0n) is 13.7. The van der Waals surface area contributed by atoms with E-state index in [4.69, 9.17) is 9.84 Å². The van der Waals surface area contributed by atoms with E-state index in [1.165, 1.54) is 0 Å². The van der Waals surface area contributed by atoms with Crippen molar-refractivity contribution in [1.82, 2.24) is 5.32 Å². The fourth-order valence-corrected chi connectivity index (χ4v) is 1.91. The van der Waals surface area contributed by atoms with Gasteiger partial charge in [-0.3, -0.25) is 9.59 Å². The third-order valence-electron chi connectivity index (χ3n) is 2.89. The Labute approximate surface area is 135 Å². The van der Waals surface area contributed by atoms with Gasteiger partial charge in [-0.2, -0.15) is 0 Å². The van der Waals surface area contributed by atoms with E-state index in [1.807, 2.05) is 30.3 Å². The third-order valence-corrected chi connectivity index (χ3v) is 2.89. The number of hydrogen-bond donors (Lipinski definition) is 2. The molecule has 1 rings (SSSR count). The molecule has 0 fully saturated rings. The highest BCUT2D eigenvalue weighted by atomic mass is 16.6. The summed E-state index contributed by atoms with van der Waals surface area (Å²) in [5, 5.41) is 11.3. The van der Waals surface area contributed by atoms with Crippen LogP contribution >= 0.6 is 0 Å². The van der Waals surface area contributed by atoms with E-state index in [2.05, 4.69) is 5.32 Å². The van der Waals surface area contributed by atoms with Crippen LogP contribution in [0.5, 0.6) is 0 Å². The molecule has 2 N–H and O–H groups in total. The molecule has 1 aromatic carbocycles. The monoisotopic (exact) mass is 321 g/mol. The summed E-state index contributed by atoms with van der Waals surface area (Å²) in [7, 11) is 0. The van der Waals surface area contributed by atoms with Gasteiger partial charge in [0, 0.05) is 6.42 Å². The van der Waals surface area contributed by atoms with Crippen molar-refractivity contribution in [1.29, 1.82) is 0 Å². The molecule has 0 heterocycles. The second-order valence-corrected chi connectivity index (χ2v) is 6.24. The zero-order valence-corrected chi connectivity index (χ0v) is 13.7. The molecule has 6 heteroatoms. The molecule has 1 aromatic rings. The molecular formula is C17H23NO5. The molecule has 1 atom stereocenters. The van der Waals surface area contributed by atoms with Crippen LogP contribution in [-0.2, 0) is 25.5 Å². The summed E-state index contributed by atoms with van der Waals surface area (Å²) >= 11 is 0. The summed E-state index contributed by atoms with van der Waals surface area (Å²) in [6.07, 6.45) is 0.176. The summed E-state index contributed by atoms with van der Waals surface area (Å²) in [4.78, 5) is 34.9.